The lowest BCUT2D eigenvalue weighted by Crippen LogP contribution is -2.03. The lowest BCUT2D eigenvalue weighted by atomic mass is 10.0. The minimum Gasteiger partial charge on any atom is -0.456 e. The van der Waals surface area contributed by atoms with Gasteiger partial charge in [-0.15, -0.1) is 0 Å². The first-order valence-corrected chi connectivity index (χ1v) is 16.7. The fourth-order valence-electron chi connectivity index (χ4n) is 7.27. The molecule has 5 heteroatoms. The van der Waals surface area contributed by atoms with Crippen LogP contribution in [0.1, 0.15) is 11.1 Å². The SMILES string of the molecule is N=C(/C=C(\Nc1ccc2oc3ccccc3c2c1)c1ccc2oc3ccc(-n4c5ccccc5c5ccccc54)cc3c2c1)c1ccccc1. The van der Waals surface area contributed by atoms with Crippen molar-refractivity contribution in [2.45, 2.75) is 0 Å². The average molecular weight is 644 g/mol. The summed E-state index contributed by atoms with van der Waals surface area (Å²) in [5, 5.41) is 19.3. The van der Waals surface area contributed by atoms with Crippen molar-refractivity contribution in [3.63, 3.8) is 0 Å². The van der Waals surface area contributed by atoms with Gasteiger partial charge in [0.15, 0.2) is 0 Å². The smallest absolute Gasteiger partial charge is 0.135 e. The molecule has 0 saturated carbocycles. The Bertz CT molecular complexity index is 2920. The van der Waals surface area contributed by atoms with E-state index in [-0.39, 0.29) is 0 Å². The van der Waals surface area contributed by atoms with E-state index in [1.807, 2.05) is 72.8 Å². The highest BCUT2D eigenvalue weighted by atomic mass is 16.3. The Morgan fingerprint density at radius 1 is 0.480 bits per heavy atom. The Hall–Kier alpha value is -6.85. The van der Waals surface area contributed by atoms with Gasteiger partial charge in [-0.3, -0.25) is 0 Å². The molecule has 0 atom stereocenters. The molecule has 0 unspecified atom stereocenters. The Labute approximate surface area is 286 Å². The third kappa shape index (κ3) is 4.52. The number of hydrogen-bond donors (Lipinski definition) is 2. The lowest BCUT2D eigenvalue weighted by molar-refractivity contribution is 0.668. The second-order valence-electron chi connectivity index (χ2n) is 12.6. The number of anilines is 1. The Morgan fingerprint density at radius 2 is 1.04 bits per heavy atom. The van der Waals surface area contributed by atoms with Crippen molar-refractivity contribution in [3.05, 3.63) is 175 Å². The molecule has 10 aromatic rings. The molecular formula is C45H29N3O2. The van der Waals surface area contributed by atoms with E-state index in [0.717, 1.165) is 83.1 Å². The number of furan rings is 2. The lowest BCUT2D eigenvalue weighted by Gasteiger charge is -2.13. The van der Waals surface area contributed by atoms with Gasteiger partial charge in [-0.05, 0) is 90.0 Å². The van der Waals surface area contributed by atoms with Crippen molar-refractivity contribution in [1.82, 2.24) is 4.57 Å². The maximum atomic E-state index is 9.04. The minimum atomic E-state index is 0.411. The summed E-state index contributed by atoms with van der Waals surface area (Å²) in [5.74, 6) is 0. The maximum Gasteiger partial charge on any atom is 0.135 e. The van der Waals surface area contributed by atoms with Crippen LogP contribution in [0.15, 0.2) is 173 Å². The molecule has 0 aliphatic heterocycles. The van der Waals surface area contributed by atoms with Crippen molar-refractivity contribution in [1.29, 1.82) is 5.41 Å². The van der Waals surface area contributed by atoms with Crippen LogP contribution >= 0.6 is 0 Å². The second-order valence-corrected chi connectivity index (χ2v) is 12.6. The van der Waals surface area contributed by atoms with Crippen LogP contribution in [-0.4, -0.2) is 10.3 Å². The third-order valence-electron chi connectivity index (χ3n) is 9.63. The van der Waals surface area contributed by atoms with E-state index in [0.29, 0.717) is 5.71 Å². The number of rotatable bonds is 6. The summed E-state index contributed by atoms with van der Waals surface area (Å²) in [5.41, 5.74) is 10.6. The molecule has 236 valence electrons. The summed E-state index contributed by atoms with van der Waals surface area (Å²) in [6.45, 7) is 0. The quantitative estimate of drug-likeness (QED) is 0.177. The Kier molecular flexibility index (Phi) is 6.26. The van der Waals surface area contributed by atoms with Crippen LogP contribution in [0.5, 0.6) is 0 Å². The van der Waals surface area contributed by atoms with E-state index >= 15 is 0 Å². The number of fused-ring (bicyclic) bond motifs is 9. The molecule has 0 amide bonds. The second kappa shape index (κ2) is 11.1. The minimum absolute atomic E-state index is 0.411. The zero-order valence-electron chi connectivity index (χ0n) is 26.9. The van der Waals surface area contributed by atoms with Crippen molar-refractivity contribution >= 4 is 82.8 Å². The van der Waals surface area contributed by atoms with E-state index in [1.54, 1.807) is 0 Å². The van der Waals surface area contributed by atoms with Crippen molar-refractivity contribution < 1.29 is 8.83 Å². The molecule has 3 heterocycles. The number of benzene rings is 7. The molecule has 7 aromatic carbocycles. The molecule has 0 aliphatic carbocycles. The van der Waals surface area contributed by atoms with Gasteiger partial charge in [0.25, 0.3) is 0 Å². The van der Waals surface area contributed by atoms with Gasteiger partial charge in [-0.1, -0.05) is 84.9 Å². The van der Waals surface area contributed by atoms with Crippen molar-refractivity contribution in [2.75, 3.05) is 5.32 Å². The molecular weight excluding hydrogens is 615 g/mol. The molecule has 3 aromatic heterocycles. The van der Waals surface area contributed by atoms with Crippen LogP contribution in [0.25, 0.3) is 77.1 Å². The fraction of sp³-hybridized carbons (Fsp3) is 0. The van der Waals surface area contributed by atoms with Gasteiger partial charge in [0, 0.05) is 49.4 Å². The maximum absolute atomic E-state index is 9.04. The van der Waals surface area contributed by atoms with Gasteiger partial charge >= 0.3 is 0 Å². The normalized spacial score (nSPS) is 12.2. The van der Waals surface area contributed by atoms with Gasteiger partial charge < -0.3 is 24.1 Å². The Morgan fingerprint density at radius 3 is 1.78 bits per heavy atom. The molecule has 0 bridgehead atoms. The van der Waals surface area contributed by atoms with Gasteiger partial charge in [-0.2, -0.15) is 0 Å². The highest BCUT2D eigenvalue weighted by Gasteiger charge is 2.16. The molecule has 0 spiro atoms. The van der Waals surface area contributed by atoms with Gasteiger partial charge in [-0.25, -0.2) is 0 Å². The predicted molar refractivity (Wildman–Crippen MR) is 207 cm³/mol. The van der Waals surface area contributed by atoms with Crippen LogP contribution in [0.4, 0.5) is 5.69 Å². The molecule has 10 rings (SSSR count). The number of nitrogens with zero attached hydrogens (tertiary/aromatic N) is 1. The number of para-hydroxylation sites is 3. The van der Waals surface area contributed by atoms with Crippen molar-refractivity contribution in [3.8, 4) is 5.69 Å². The molecule has 5 nitrogen and oxygen atoms in total. The van der Waals surface area contributed by atoms with Crippen LogP contribution in [0, 0.1) is 5.41 Å². The van der Waals surface area contributed by atoms with Gasteiger partial charge in [0.1, 0.15) is 22.3 Å². The zero-order valence-corrected chi connectivity index (χ0v) is 26.9. The van der Waals surface area contributed by atoms with Crippen LogP contribution in [0.2, 0.25) is 0 Å². The van der Waals surface area contributed by atoms with E-state index in [9.17, 15) is 0 Å². The van der Waals surface area contributed by atoms with Crippen LogP contribution < -0.4 is 5.32 Å². The third-order valence-corrected chi connectivity index (χ3v) is 9.63. The largest absolute Gasteiger partial charge is 0.456 e. The van der Waals surface area contributed by atoms with E-state index in [2.05, 4.69) is 101 Å². The van der Waals surface area contributed by atoms with Crippen LogP contribution in [0.3, 0.4) is 0 Å². The Balaban J connectivity index is 1.13. The summed E-state index contributed by atoms with van der Waals surface area (Å²) in [7, 11) is 0. The summed E-state index contributed by atoms with van der Waals surface area (Å²) in [6, 6.07) is 53.8. The molecule has 2 N–H and O–H groups in total. The fourth-order valence-corrected chi connectivity index (χ4v) is 7.27. The summed E-state index contributed by atoms with van der Waals surface area (Å²) in [4.78, 5) is 0. The van der Waals surface area contributed by atoms with E-state index < -0.39 is 0 Å². The average Bonchev–Trinajstić information content (AvgIpc) is 3.83. The molecule has 50 heavy (non-hydrogen) atoms. The first-order chi connectivity index (χ1) is 24.7. The molecule has 0 radical (unpaired) electrons. The first-order valence-electron chi connectivity index (χ1n) is 16.7. The highest BCUT2D eigenvalue weighted by Crippen LogP contribution is 2.37. The number of allylic oxidation sites excluding steroid dienone is 1. The molecule has 0 aliphatic rings. The topological polar surface area (TPSA) is 67.1 Å². The number of nitrogens with one attached hydrogen (secondary N) is 2. The van der Waals surface area contributed by atoms with Crippen LogP contribution in [-0.2, 0) is 0 Å². The van der Waals surface area contributed by atoms with E-state index in [4.69, 9.17) is 14.2 Å². The highest BCUT2D eigenvalue weighted by molar-refractivity contribution is 6.14. The molecule has 0 saturated heterocycles. The monoisotopic (exact) mass is 643 g/mol. The van der Waals surface area contributed by atoms with E-state index in [1.165, 1.54) is 10.8 Å². The standard InChI is InChI=1S/C45H29N3O2/c46-38(28-10-2-1-3-11-28)27-39(47-30-19-22-44-36(25-30)34-14-6-9-17-42(34)49-44)29-18-21-43-35(24-29)37-26-31(20-23-45(37)50-43)48-40-15-7-4-12-32(40)33-13-5-8-16-41(33)48/h1-27,46-47H/b39-27-,46-38?. The summed E-state index contributed by atoms with van der Waals surface area (Å²) < 4.78 is 14.8. The number of aromatic nitrogens is 1. The van der Waals surface area contributed by atoms with Crippen molar-refractivity contribution in [2.24, 2.45) is 0 Å². The predicted octanol–water partition coefficient (Wildman–Crippen LogP) is 12.1. The van der Waals surface area contributed by atoms with Gasteiger partial charge in [0.05, 0.1) is 16.7 Å². The number of hydrogen-bond acceptors (Lipinski definition) is 4. The zero-order chi connectivity index (χ0) is 33.2. The first kappa shape index (κ1) is 28.2. The van der Waals surface area contributed by atoms with Gasteiger partial charge in [0.2, 0.25) is 0 Å². The summed E-state index contributed by atoms with van der Waals surface area (Å²) >= 11 is 0. The molecule has 0 fully saturated rings. The summed E-state index contributed by atoms with van der Waals surface area (Å²) in [6.07, 6.45) is 1.90.